The number of carbonyl (C=O) groups is 2. The number of ether oxygens (including phenoxy) is 2. The van der Waals surface area contributed by atoms with Crippen LogP contribution in [0.5, 0.6) is 11.5 Å². The Labute approximate surface area is 191 Å². The third kappa shape index (κ3) is 5.03. The van der Waals surface area contributed by atoms with Gasteiger partial charge in [0.25, 0.3) is 5.91 Å². The van der Waals surface area contributed by atoms with Gasteiger partial charge in [-0.1, -0.05) is 0 Å². The van der Waals surface area contributed by atoms with Gasteiger partial charge in [-0.2, -0.15) is 0 Å². The van der Waals surface area contributed by atoms with Gasteiger partial charge in [0.2, 0.25) is 5.91 Å². The molecular formula is C22H27N7O4. The fourth-order valence-corrected chi connectivity index (χ4v) is 3.59. The molecule has 2 aromatic rings. The minimum absolute atomic E-state index is 0.121. The highest BCUT2D eigenvalue weighted by Crippen LogP contribution is 2.36. The summed E-state index contributed by atoms with van der Waals surface area (Å²) >= 11 is 0. The molecule has 3 heterocycles. The second-order valence-corrected chi connectivity index (χ2v) is 7.90. The van der Waals surface area contributed by atoms with Crippen molar-refractivity contribution in [2.75, 3.05) is 64.6 Å². The van der Waals surface area contributed by atoms with Crippen molar-refractivity contribution in [3.05, 3.63) is 30.1 Å². The number of methoxy groups -OCH3 is 1. The van der Waals surface area contributed by atoms with E-state index in [0.717, 1.165) is 6.54 Å². The number of aliphatic imine (C=N–C) groups is 1. The Morgan fingerprint density at radius 1 is 1.12 bits per heavy atom. The SMILES string of the molecule is COc1ccc2cc1OCC(=O)N(C)CCN(C)CCNc1ncnc3c1C(C=N2)C(=O)N3. The standard InChI is InChI=1S/C22H27N7O4/c1-28-7-6-23-20-19-15(22(31)27-21(19)26-13-25-20)11-24-14-4-5-16(32-3)17(10-14)33-12-18(30)29(2)9-8-28/h4-5,10-11,13,15H,6-9,12H2,1-3H3,(H2,23,25,26,27,31). The van der Waals surface area contributed by atoms with E-state index >= 15 is 0 Å². The molecule has 1 atom stereocenters. The van der Waals surface area contributed by atoms with Gasteiger partial charge in [-0.3, -0.25) is 14.6 Å². The molecule has 11 nitrogen and oxygen atoms in total. The maximum atomic E-state index is 12.6. The van der Waals surface area contributed by atoms with Gasteiger partial charge in [-0.25, -0.2) is 9.97 Å². The molecule has 1 aromatic heterocycles. The normalized spacial score (nSPS) is 19.6. The summed E-state index contributed by atoms with van der Waals surface area (Å²) in [7, 11) is 5.26. The number of hydrogen-bond acceptors (Lipinski definition) is 9. The summed E-state index contributed by atoms with van der Waals surface area (Å²) in [4.78, 5) is 41.9. The van der Waals surface area contributed by atoms with Crippen LogP contribution < -0.4 is 20.1 Å². The maximum absolute atomic E-state index is 12.6. The van der Waals surface area contributed by atoms with Crippen LogP contribution in [0.1, 0.15) is 11.5 Å². The van der Waals surface area contributed by atoms with Crippen molar-refractivity contribution >= 4 is 35.4 Å². The molecule has 4 rings (SSSR count). The van der Waals surface area contributed by atoms with Crippen molar-refractivity contribution in [2.45, 2.75) is 5.92 Å². The van der Waals surface area contributed by atoms with Gasteiger partial charge in [0.15, 0.2) is 18.1 Å². The first kappa shape index (κ1) is 22.5. The van der Waals surface area contributed by atoms with Gasteiger partial charge < -0.3 is 29.9 Å². The lowest BCUT2D eigenvalue weighted by molar-refractivity contribution is -0.132. The first-order valence-corrected chi connectivity index (χ1v) is 10.6. The number of hydrogen-bond donors (Lipinski definition) is 2. The zero-order valence-electron chi connectivity index (χ0n) is 18.9. The fraction of sp³-hybridized carbons (Fsp3) is 0.409. The molecule has 0 saturated carbocycles. The van der Waals surface area contributed by atoms with E-state index < -0.39 is 5.92 Å². The summed E-state index contributed by atoms with van der Waals surface area (Å²) in [5, 5.41) is 6.10. The highest BCUT2D eigenvalue weighted by molar-refractivity contribution is 6.13. The van der Waals surface area contributed by atoms with E-state index in [0.29, 0.717) is 54.0 Å². The smallest absolute Gasteiger partial charge is 0.260 e. The number of aromatic nitrogens is 2. The molecule has 0 saturated heterocycles. The minimum atomic E-state index is -0.637. The van der Waals surface area contributed by atoms with Crippen LogP contribution >= 0.6 is 0 Å². The van der Waals surface area contributed by atoms with E-state index in [9.17, 15) is 9.59 Å². The third-order valence-electron chi connectivity index (χ3n) is 5.62. The molecule has 174 valence electrons. The zero-order chi connectivity index (χ0) is 23.4. The number of likely N-dealkylation sites (N-methyl/N-ethyl adjacent to an activating group) is 2. The van der Waals surface area contributed by atoms with E-state index in [2.05, 4.69) is 30.5 Å². The molecule has 33 heavy (non-hydrogen) atoms. The van der Waals surface area contributed by atoms with Crippen molar-refractivity contribution < 1.29 is 19.1 Å². The van der Waals surface area contributed by atoms with Gasteiger partial charge >= 0.3 is 0 Å². The second-order valence-electron chi connectivity index (χ2n) is 7.90. The Bertz CT molecular complexity index is 1070. The van der Waals surface area contributed by atoms with Crippen molar-refractivity contribution in [3.8, 4) is 11.5 Å². The Kier molecular flexibility index (Phi) is 6.68. The zero-order valence-corrected chi connectivity index (χ0v) is 18.9. The Balaban J connectivity index is 1.68. The fourth-order valence-electron chi connectivity index (χ4n) is 3.59. The highest BCUT2D eigenvalue weighted by atomic mass is 16.5. The molecule has 0 aliphatic carbocycles. The highest BCUT2D eigenvalue weighted by Gasteiger charge is 2.33. The number of carbonyl (C=O) groups excluding carboxylic acids is 2. The van der Waals surface area contributed by atoms with Crippen molar-refractivity contribution in [1.29, 1.82) is 0 Å². The number of benzene rings is 1. The molecule has 2 aliphatic rings. The van der Waals surface area contributed by atoms with E-state index in [1.807, 2.05) is 7.05 Å². The number of amides is 2. The first-order chi connectivity index (χ1) is 16.0. The second kappa shape index (κ2) is 9.82. The minimum Gasteiger partial charge on any atom is -0.493 e. The molecule has 2 aliphatic heterocycles. The van der Waals surface area contributed by atoms with Crippen LogP contribution in [0.25, 0.3) is 0 Å². The van der Waals surface area contributed by atoms with Crippen molar-refractivity contribution in [2.24, 2.45) is 4.99 Å². The van der Waals surface area contributed by atoms with Crippen LogP contribution in [0.3, 0.4) is 0 Å². The lowest BCUT2D eigenvalue weighted by Gasteiger charge is -2.23. The number of fused-ring (bicyclic) bond motifs is 2. The average Bonchev–Trinajstić information content (AvgIpc) is 3.14. The third-order valence-corrected chi connectivity index (χ3v) is 5.62. The predicted molar refractivity (Wildman–Crippen MR) is 124 cm³/mol. The number of nitrogens with zero attached hydrogens (tertiary/aromatic N) is 5. The quantitative estimate of drug-likeness (QED) is 0.659. The van der Waals surface area contributed by atoms with Crippen LogP contribution in [-0.4, -0.2) is 91.8 Å². The lowest BCUT2D eigenvalue weighted by Crippen LogP contribution is -2.38. The van der Waals surface area contributed by atoms with Gasteiger partial charge in [0.05, 0.1) is 18.4 Å². The summed E-state index contributed by atoms with van der Waals surface area (Å²) in [5.41, 5.74) is 1.23. The summed E-state index contributed by atoms with van der Waals surface area (Å²) in [5.74, 6) is 0.964. The average molecular weight is 454 g/mol. The summed E-state index contributed by atoms with van der Waals surface area (Å²) in [6, 6.07) is 5.13. The van der Waals surface area contributed by atoms with Gasteiger partial charge in [-0.15, -0.1) is 0 Å². The molecular weight excluding hydrogens is 426 g/mol. The molecule has 0 spiro atoms. The Hall–Kier alpha value is -3.73. The lowest BCUT2D eigenvalue weighted by atomic mass is 10.0. The van der Waals surface area contributed by atoms with E-state index in [1.54, 1.807) is 36.4 Å². The largest absolute Gasteiger partial charge is 0.493 e. The summed E-state index contributed by atoms with van der Waals surface area (Å²) in [6.07, 6.45) is 2.99. The summed E-state index contributed by atoms with van der Waals surface area (Å²) in [6.45, 7) is 2.47. The van der Waals surface area contributed by atoms with Crippen LogP contribution in [0, 0.1) is 0 Å². The van der Waals surface area contributed by atoms with Crippen molar-refractivity contribution in [1.82, 2.24) is 19.8 Å². The van der Waals surface area contributed by atoms with Gasteiger partial charge in [0, 0.05) is 45.5 Å². The molecule has 11 heteroatoms. The maximum Gasteiger partial charge on any atom is 0.260 e. The van der Waals surface area contributed by atoms with Crippen molar-refractivity contribution in [3.63, 3.8) is 0 Å². The monoisotopic (exact) mass is 453 g/mol. The molecule has 2 amide bonds. The molecule has 2 bridgehead atoms. The van der Waals surface area contributed by atoms with Gasteiger partial charge in [0.1, 0.15) is 23.9 Å². The summed E-state index contributed by atoms with van der Waals surface area (Å²) < 4.78 is 11.1. The predicted octanol–water partition coefficient (Wildman–Crippen LogP) is 1.12. The molecule has 1 unspecified atom stereocenters. The van der Waals surface area contributed by atoms with Crippen LogP contribution in [0.2, 0.25) is 0 Å². The number of nitrogens with one attached hydrogen (secondary N) is 2. The Morgan fingerprint density at radius 2 is 1.94 bits per heavy atom. The van der Waals surface area contributed by atoms with Crippen LogP contribution in [-0.2, 0) is 9.59 Å². The number of anilines is 2. The number of rotatable bonds is 1. The van der Waals surface area contributed by atoms with E-state index in [-0.39, 0.29) is 18.4 Å². The molecule has 1 aromatic carbocycles. The van der Waals surface area contributed by atoms with Crippen LogP contribution in [0.15, 0.2) is 29.5 Å². The van der Waals surface area contributed by atoms with Crippen LogP contribution in [0.4, 0.5) is 17.3 Å². The molecule has 0 fully saturated rings. The van der Waals surface area contributed by atoms with E-state index in [1.165, 1.54) is 13.4 Å². The topological polar surface area (TPSA) is 121 Å². The van der Waals surface area contributed by atoms with Gasteiger partial charge in [-0.05, 0) is 19.2 Å². The molecule has 0 radical (unpaired) electrons. The first-order valence-electron chi connectivity index (χ1n) is 10.6. The van der Waals surface area contributed by atoms with E-state index in [4.69, 9.17) is 9.47 Å². The molecule has 2 N–H and O–H groups in total. The Morgan fingerprint density at radius 3 is 2.76 bits per heavy atom.